The zero-order valence-corrected chi connectivity index (χ0v) is 9.80. The molecule has 1 amide bonds. The van der Waals surface area contributed by atoms with Gasteiger partial charge in [-0.1, -0.05) is 32.1 Å². The summed E-state index contributed by atoms with van der Waals surface area (Å²) < 4.78 is 0. The zero-order chi connectivity index (χ0) is 11.1. The summed E-state index contributed by atoms with van der Waals surface area (Å²) in [5.74, 6) is 0.879. The molecule has 3 nitrogen and oxygen atoms in total. The van der Waals surface area contributed by atoms with Gasteiger partial charge in [0.2, 0.25) is 5.91 Å². The molecule has 0 saturated heterocycles. The lowest BCUT2D eigenvalue weighted by atomic mass is 9.86. The minimum absolute atomic E-state index is 0.0290. The maximum atomic E-state index is 11.2. The van der Waals surface area contributed by atoms with Gasteiger partial charge in [0.15, 0.2) is 0 Å². The van der Waals surface area contributed by atoms with Crippen molar-refractivity contribution in [2.75, 3.05) is 6.54 Å². The van der Waals surface area contributed by atoms with E-state index in [4.69, 9.17) is 5.73 Å². The number of nitrogens with one attached hydrogen (secondary N) is 1. The van der Waals surface area contributed by atoms with Gasteiger partial charge >= 0.3 is 0 Å². The maximum absolute atomic E-state index is 11.2. The second kappa shape index (κ2) is 6.83. The third-order valence-corrected chi connectivity index (χ3v) is 3.23. The Morgan fingerprint density at radius 2 is 2.07 bits per heavy atom. The molecular formula is C12H24N2O. The molecule has 1 saturated carbocycles. The van der Waals surface area contributed by atoms with Crippen LogP contribution in [0.3, 0.4) is 0 Å². The van der Waals surface area contributed by atoms with Crippen LogP contribution in [0.1, 0.15) is 51.9 Å². The molecule has 3 N–H and O–H groups in total. The summed E-state index contributed by atoms with van der Waals surface area (Å²) in [5, 5.41) is 2.86. The van der Waals surface area contributed by atoms with E-state index in [1.807, 2.05) is 0 Å². The fourth-order valence-corrected chi connectivity index (χ4v) is 2.24. The highest BCUT2D eigenvalue weighted by atomic mass is 16.2. The molecule has 3 heteroatoms. The van der Waals surface area contributed by atoms with Crippen molar-refractivity contribution in [1.29, 1.82) is 0 Å². The summed E-state index contributed by atoms with van der Waals surface area (Å²) in [4.78, 5) is 11.2. The normalized spacial score (nSPS) is 19.9. The minimum Gasteiger partial charge on any atom is -0.355 e. The average molecular weight is 212 g/mol. The Bertz CT molecular complexity index is 186. The second-order valence-corrected chi connectivity index (χ2v) is 4.73. The van der Waals surface area contributed by atoms with E-state index in [2.05, 4.69) is 5.32 Å². The predicted octanol–water partition coefficient (Wildman–Crippen LogP) is 1.81. The molecule has 1 fully saturated rings. The lowest BCUT2D eigenvalue weighted by Gasteiger charge is -2.21. The van der Waals surface area contributed by atoms with Crippen molar-refractivity contribution in [3.05, 3.63) is 0 Å². The van der Waals surface area contributed by atoms with Crippen molar-refractivity contribution in [2.24, 2.45) is 11.7 Å². The Balaban J connectivity index is 1.98. The molecule has 1 aliphatic rings. The fraction of sp³-hybridized carbons (Fsp3) is 0.917. The van der Waals surface area contributed by atoms with Gasteiger partial charge in [-0.25, -0.2) is 0 Å². The summed E-state index contributed by atoms with van der Waals surface area (Å²) in [6.45, 7) is 2.51. The maximum Gasteiger partial charge on any atom is 0.236 e. The van der Waals surface area contributed by atoms with Crippen LogP contribution in [0.15, 0.2) is 0 Å². The summed E-state index contributed by atoms with van der Waals surface area (Å²) in [7, 11) is 0. The highest BCUT2D eigenvalue weighted by Gasteiger charge is 2.13. The minimum atomic E-state index is -0.375. The quantitative estimate of drug-likeness (QED) is 0.683. The van der Waals surface area contributed by atoms with Crippen molar-refractivity contribution in [3.8, 4) is 0 Å². The van der Waals surface area contributed by atoms with Crippen LogP contribution in [0.2, 0.25) is 0 Å². The van der Waals surface area contributed by atoms with Crippen LogP contribution in [0.25, 0.3) is 0 Å². The Kier molecular flexibility index (Phi) is 5.69. The van der Waals surface area contributed by atoms with E-state index in [-0.39, 0.29) is 11.9 Å². The van der Waals surface area contributed by atoms with E-state index in [0.29, 0.717) is 0 Å². The van der Waals surface area contributed by atoms with E-state index in [1.165, 1.54) is 38.5 Å². The molecule has 0 aromatic carbocycles. The van der Waals surface area contributed by atoms with Gasteiger partial charge in [0.25, 0.3) is 0 Å². The van der Waals surface area contributed by atoms with Crippen LogP contribution in [0, 0.1) is 5.92 Å². The third kappa shape index (κ3) is 5.17. The molecule has 1 aliphatic carbocycles. The first-order chi connectivity index (χ1) is 7.20. The Hall–Kier alpha value is -0.570. The topological polar surface area (TPSA) is 55.1 Å². The number of amides is 1. The third-order valence-electron chi connectivity index (χ3n) is 3.23. The second-order valence-electron chi connectivity index (χ2n) is 4.73. The molecule has 0 radical (unpaired) electrons. The monoisotopic (exact) mass is 212 g/mol. The van der Waals surface area contributed by atoms with Gasteiger partial charge < -0.3 is 11.1 Å². The number of nitrogens with two attached hydrogens (primary N) is 1. The first-order valence-corrected chi connectivity index (χ1v) is 6.23. The van der Waals surface area contributed by atoms with Crippen LogP contribution in [0.4, 0.5) is 0 Å². The first-order valence-electron chi connectivity index (χ1n) is 6.23. The largest absolute Gasteiger partial charge is 0.355 e. The first kappa shape index (κ1) is 12.5. The molecule has 15 heavy (non-hydrogen) atoms. The van der Waals surface area contributed by atoms with E-state index in [0.717, 1.165) is 18.9 Å². The van der Waals surface area contributed by atoms with Crippen LogP contribution >= 0.6 is 0 Å². The molecule has 0 spiro atoms. The van der Waals surface area contributed by atoms with E-state index in [1.54, 1.807) is 6.92 Å². The van der Waals surface area contributed by atoms with Crippen LogP contribution in [0.5, 0.6) is 0 Å². The lowest BCUT2D eigenvalue weighted by molar-refractivity contribution is -0.121. The van der Waals surface area contributed by atoms with Gasteiger partial charge in [-0.2, -0.15) is 0 Å². The van der Waals surface area contributed by atoms with E-state index >= 15 is 0 Å². The molecule has 1 rings (SSSR count). The number of carbonyl (C=O) groups is 1. The van der Waals surface area contributed by atoms with Crippen LogP contribution < -0.4 is 11.1 Å². The average Bonchev–Trinajstić information content (AvgIpc) is 2.25. The van der Waals surface area contributed by atoms with Gasteiger partial charge in [-0.05, 0) is 25.7 Å². The number of carbonyl (C=O) groups excluding carboxylic acids is 1. The standard InChI is InChI=1S/C12H24N2O/c1-10(13)12(15)14-9-5-8-11-6-3-2-4-7-11/h10-11H,2-9,13H2,1H3,(H,14,15)/t10-/m1/s1. The van der Waals surface area contributed by atoms with Gasteiger partial charge in [0.1, 0.15) is 0 Å². The Labute approximate surface area is 92.8 Å². The summed E-state index contributed by atoms with van der Waals surface area (Å²) in [6, 6.07) is -0.375. The fourth-order valence-electron chi connectivity index (χ4n) is 2.24. The molecule has 1 atom stereocenters. The highest BCUT2D eigenvalue weighted by Crippen LogP contribution is 2.26. The summed E-state index contributed by atoms with van der Waals surface area (Å²) >= 11 is 0. The Morgan fingerprint density at radius 3 is 2.67 bits per heavy atom. The van der Waals surface area contributed by atoms with Crippen molar-refractivity contribution in [1.82, 2.24) is 5.32 Å². The number of rotatable bonds is 5. The van der Waals surface area contributed by atoms with Gasteiger partial charge in [0, 0.05) is 6.54 Å². The van der Waals surface area contributed by atoms with Crippen LogP contribution in [-0.2, 0) is 4.79 Å². The summed E-state index contributed by atoms with van der Waals surface area (Å²) in [5.41, 5.74) is 5.45. The molecule has 0 unspecified atom stereocenters. The van der Waals surface area contributed by atoms with E-state index in [9.17, 15) is 4.79 Å². The lowest BCUT2D eigenvalue weighted by Crippen LogP contribution is -2.38. The predicted molar refractivity (Wildman–Crippen MR) is 62.5 cm³/mol. The SMILES string of the molecule is C[C@@H](N)C(=O)NCCCC1CCCCC1. The van der Waals surface area contributed by atoms with Crippen LogP contribution in [-0.4, -0.2) is 18.5 Å². The molecule has 0 aliphatic heterocycles. The zero-order valence-electron chi connectivity index (χ0n) is 9.80. The van der Waals surface area contributed by atoms with Gasteiger partial charge in [0.05, 0.1) is 6.04 Å². The molecule has 0 heterocycles. The van der Waals surface area contributed by atoms with Crippen molar-refractivity contribution < 1.29 is 4.79 Å². The van der Waals surface area contributed by atoms with E-state index < -0.39 is 0 Å². The van der Waals surface area contributed by atoms with Crippen molar-refractivity contribution in [3.63, 3.8) is 0 Å². The molecular weight excluding hydrogens is 188 g/mol. The Morgan fingerprint density at radius 1 is 1.40 bits per heavy atom. The number of hydrogen-bond acceptors (Lipinski definition) is 2. The molecule has 0 aromatic heterocycles. The smallest absolute Gasteiger partial charge is 0.236 e. The van der Waals surface area contributed by atoms with Crippen molar-refractivity contribution in [2.45, 2.75) is 57.9 Å². The van der Waals surface area contributed by atoms with Gasteiger partial charge in [-0.3, -0.25) is 4.79 Å². The van der Waals surface area contributed by atoms with Gasteiger partial charge in [-0.15, -0.1) is 0 Å². The molecule has 0 aromatic rings. The van der Waals surface area contributed by atoms with Crippen molar-refractivity contribution >= 4 is 5.91 Å². The highest BCUT2D eigenvalue weighted by molar-refractivity contribution is 5.80. The summed E-state index contributed by atoms with van der Waals surface area (Å²) in [6.07, 6.45) is 9.36. The molecule has 0 bridgehead atoms. The molecule has 88 valence electrons. The number of hydrogen-bond donors (Lipinski definition) is 2.